The zero-order valence-electron chi connectivity index (χ0n) is 12.1. The molecule has 0 saturated carbocycles. The van der Waals surface area contributed by atoms with E-state index in [-0.39, 0.29) is 12.5 Å². The number of para-hydroxylation sites is 1. The molecule has 110 valence electrons. The molecule has 0 radical (unpaired) electrons. The molecule has 0 bridgehead atoms. The summed E-state index contributed by atoms with van der Waals surface area (Å²) in [5.41, 5.74) is 4.70. The van der Waals surface area contributed by atoms with Crippen LogP contribution in [0.1, 0.15) is 21.5 Å². The van der Waals surface area contributed by atoms with Crippen LogP contribution < -0.4 is 10.2 Å². The Kier molecular flexibility index (Phi) is 5.27. The molecule has 0 heterocycles. The third kappa shape index (κ3) is 4.18. The Morgan fingerprint density at radius 3 is 2.91 bits per heavy atom. The molecule has 0 aliphatic heterocycles. The summed E-state index contributed by atoms with van der Waals surface area (Å²) in [7, 11) is 0. The van der Waals surface area contributed by atoms with Gasteiger partial charge in [0, 0.05) is 11.1 Å². The first-order valence-corrected chi connectivity index (χ1v) is 6.69. The van der Waals surface area contributed by atoms with Gasteiger partial charge in [0.2, 0.25) is 0 Å². The second-order valence-corrected chi connectivity index (χ2v) is 4.55. The molecule has 2 aromatic rings. The fraction of sp³-hybridized carbons (Fsp3) is 0.118. The van der Waals surface area contributed by atoms with Crippen molar-refractivity contribution in [2.75, 3.05) is 6.61 Å². The maximum Gasteiger partial charge on any atom is 0.271 e. The average molecular weight is 293 g/mol. The number of benzene rings is 2. The van der Waals surface area contributed by atoms with E-state index in [9.17, 15) is 4.79 Å². The Morgan fingerprint density at radius 2 is 2.14 bits per heavy atom. The molecule has 0 aliphatic carbocycles. The van der Waals surface area contributed by atoms with Crippen molar-refractivity contribution in [2.45, 2.75) is 6.92 Å². The molecule has 1 N–H and O–H groups in total. The van der Waals surface area contributed by atoms with Crippen molar-refractivity contribution in [3.63, 3.8) is 0 Å². The fourth-order valence-corrected chi connectivity index (χ4v) is 1.84. The maximum absolute atomic E-state index is 11.9. The van der Waals surface area contributed by atoms with Gasteiger partial charge in [-0.2, -0.15) is 10.4 Å². The summed E-state index contributed by atoms with van der Waals surface area (Å²) < 4.78 is 5.28. The highest BCUT2D eigenvalue weighted by Crippen LogP contribution is 2.15. The molecule has 2 aromatic carbocycles. The highest BCUT2D eigenvalue weighted by atomic mass is 16.5. The number of ether oxygens (including phenoxy) is 1. The molecule has 0 unspecified atom stereocenters. The minimum absolute atomic E-state index is 0.0412. The van der Waals surface area contributed by atoms with E-state index >= 15 is 0 Å². The molecule has 5 nitrogen and oxygen atoms in total. The van der Waals surface area contributed by atoms with Gasteiger partial charge in [0.25, 0.3) is 5.91 Å². The predicted octanol–water partition coefficient (Wildman–Crippen LogP) is 2.66. The second kappa shape index (κ2) is 7.60. The van der Waals surface area contributed by atoms with Gasteiger partial charge in [-0.15, -0.1) is 0 Å². The number of aryl methyl sites for hydroxylation is 1. The first-order chi connectivity index (χ1) is 10.7. The van der Waals surface area contributed by atoms with Gasteiger partial charge in [-0.25, -0.2) is 5.43 Å². The first kappa shape index (κ1) is 15.3. The molecule has 1 amide bonds. The molecule has 0 saturated heterocycles. The van der Waals surface area contributed by atoms with Gasteiger partial charge in [-0.05, 0) is 31.2 Å². The topological polar surface area (TPSA) is 74.5 Å². The number of nitrogens with zero attached hydrogens (tertiary/aromatic N) is 2. The normalized spacial score (nSPS) is 10.2. The largest absolute Gasteiger partial charge is 0.478 e. The van der Waals surface area contributed by atoms with E-state index in [2.05, 4.69) is 10.5 Å². The molecular weight excluding hydrogens is 278 g/mol. The predicted molar refractivity (Wildman–Crippen MR) is 83.8 cm³/mol. The van der Waals surface area contributed by atoms with Crippen molar-refractivity contribution in [3.05, 3.63) is 65.2 Å². The number of nitrogens with one attached hydrogen (secondary N) is 1. The Labute approximate surface area is 128 Å². The Hall–Kier alpha value is -3.13. The number of hydrazone groups is 1. The van der Waals surface area contributed by atoms with Crippen LogP contribution in [-0.2, 0) is 0 Å². The summed E-state index contributed by atoms with van der Waals surface area (Å²) in [6.07, 6.45) is 1.49. The molecule has 22 heavy (non-hydrogen) atoms. The van der Waals surface area contributed by atoms with Gasteiger partial charge in [0.1, 0.15) is 11.8 Å². The number of amides is 1. The Balaban J connectivity index is 2.04. The van der Waals surface area contributed by atoms with Gasteiger partial charge in [-0.3, -0.25) is 4.79 Å². The van der Waals surface area contributed by atoms with Crippen LogP contribution in [0.15, 0.2) is 53.6 Å². The lowest BCUT2D eigenvalue weighted by molar-refractivity contribution is 0.0955. The summed E-state index contributed by atoms with van der Waals surface area (Å²) in [6, 6.07) is 16.3. The quantitative estimate of drug-likeness (QED) is 0.680. The number of carbonyl (C=O) groups excluding carboxylic acids is 1. The minimum atomic E-state index is -0.282. The molecular formula is C17H15N3O2. The summed E-state index contributed by atoms with van der Waals surface area (Å²) in [4.78, 5) is 11.9. The third-order valence-electron chi connectivity index (χ3n) is 2.86. The van der Waals surface area contributed by atoms with Crippen LogP contribution in [0, 0.1) is 18.3 Å². The molecule has 0 aliphatic rings. The summed E-state index contributed by atoms with van der Waals surface area (Å²) in [6.45, 7) is 1.88. The van der Waals surface area contributed by atoms with Crippen molar-refractivity contribution < 1.29 is 9.53 Å². The number of hydrogen-bond acceptors (Lipinski definition) is 4. The van der Waals surface area contributed by atoms with E-state index in [1.165, 1.54) is 6.21 Å². The molecule has 0 fully saturated rings. The fourth-order valence-electron chi connectivity index (χ4n) is 1.84. The number of hydrogen-bond donors (Lipinski definition) is 1. The van der Waals surface area contributed by atoms with Gasteiger partial charge >= 0.3 is 0 Å². The zero-order valence-corrected chi connectivity index (χ0v) is 12.1. The van der Waals surface area contributed by atoms with Crippen molar-refractivity contribution in [3.8, 4) is 11.8 Å². The van der Waals surface area contributed by atoms with Gasteiger partial charge < -0.3 is 4.74 Å². The van der Waals surface area contributed by atoms with Crippen molar-refractivity contribution in [1.29, 1.82) is 5.26 Å². The van der Waals surface area contributed by atoms with Gasteiger partial charge in [-0.1, -0.05) is 29.8 Å². The molecule has 0 spiro atoms. The molecule has 2 rings (SSSR count). The highest BCUT2D eigenvalue weighted by Gasteiger charge is 2.04. The zero-order chi connectivity index (χ0) is 15.8. The van der Waals surface area contributed by atoms with Crippen LogP contribution >= 0.6 is 0 Å². The Morgan fingerprint density at radius 1 is 1.32 bits per heavy atom. The van der Waals surface area contributed by atoms with Crippen LogP contribution in [0.5, 0.6) is 5.75 Å². The van der Waals surface area contributed by atoms with Crippen LogP contribution in [0.2, 0.25) is 0 Å². The number of nitriles is 1. The maximum atomic E-state index is 11.9. The van der Waals surface area contributed by atoms with E-state index in [0.717, 1.165) is 5.56 Å². The van der Waals surface area contributed by atoms with Crippen molar-refractivity contribution in [1.82, 2.24) is 5.43 Å². The second-order valence-electron chi connectivity index (χ2n) is 4.55. The van der Waals surface area contributed by atoms with Gasteiger partial charge in [0.15, 0.2) is 6.61 Å². The van der Waals surface area contributed by atoms with Crippen LogP contribution in [0.3, 0.4) is 0 Å². The van der Waals surface area contributed by atoms with E-state index in [4.69, 9.17) is 10.00 Å². The molecule has 0 aromatic heterocycles. The monoisotopic (exact) mass is 293 g/mol. The molecule has 0 atom stereocenters. The lowest BCUT2D eigenvalue weighted by Crippen LogP contribution is -2.17. The standard InChI is InChI=1S/C17H15N3O2/c1-13-5-4-7-14(11-13)17(21)20-19-12-15-6-2-3-8-16(15)22-10-9-18/h2-8,11-12H,10H2,1H3,(H,20,21)/b19-12+. The smallest absolute Gasteiger partial charge is 0.271 e. The van der Waals surface area contributed by atoms with Crippen LogP contribution in [-0.4, -0.2) is 18.7 Å². The van der Waals surface area contributed by atoms with Gasteiger partial charge in [0.05, 0.1) is 6.21 Å². The number of carbonyl (C=O) groups is 1. The third-order valence-corrected chi connectivity index (χ3v) is 2.86. The lowest BCUT2D eigenvalue weighted by Gasteiger charge is -2.05. The highest BCUT2D eigenvalue weighted by molar-refractivity contribution is 5.95. The Bertz CT molecular complexity index is 733. The van der Waals surface area contributed by atoms with E-state index in [1.54, 1.807) is 30.3 Å². The summed E-state index contributed by atoms with van der Waals surface area (Å²) in [5, 5.41) is 12.5. The SMILES string of the molecule is Cc1cccc(C(=O)N/N=C/c2ccccc2OCC#N)c1. The van der Waals surface area contributed by atoms with Crippen molar-refractivity contribution >= 4 is 12.1 Å². The van der Waals surface area contributed by atoms with E-state index in [0.29, 0.717) is 16.9 Å². The lowest BCUT2D eigenvalue weighted by atomic mass is 10.1. The van der Waals surface area contributed by atoms with Crippen molar-refractivity contribution in [2.24, 2.45) is 5.10 Å². The first-order valence-electron chi connectivity index (χ1n) is 6.69. The number of rotatable bonds is 5. The average Bonchev–Trinajstić information content (AvgIpc) is 2.54. The summed E-state index contributed by atoms with van der Waals surface area (Å²) >= 11 is 0. The van der Waals surface area contributed by atoms with Crippen LogP contribution in [0.25, 0.3) is 0 Å². The minimum Gasteiger partial charge on any atom is -0.478 e. The van der Waals surface area contributed by atoms with E-state index < -0.39 is 0 Å². The van der Waals surface area contributed by atoms with Crippen LogP contribution in [0.4, 0.5) is 0 Å². The van der Waals surface area contributed by atoms with E-state index in [1.807, 2.05) is 31.2 Å². The summed E-state index contributed by atoms with van der Waals surface area (Å²) in [5.74, 6) is 0.257. The molecule has 5 heteroatoms.